The first-order chi connectivity index (χ1) is 10.5. The molecule has 4 nitrogen and oxygen atoms in total. The number of nitrogens with zero attached hydrogens (tertiary/aromatic N) is 1. The minimum Gasteiger partial charge on any atom is -0.266 e. The van der Waals surface area contributed by atoms with Crippen LogP contribution in [0.3, 0.4) is 0 Å². The third-order valence-electron chi connectivity index (χ3n) is 3.42. The Balaban J connectivity index is 1.85. The molecule has 2 amide bonds. The summed E-state index contributed by atoms with van der Waals surface area (Å²) in [5.74, 6) is -0.949. The molecule has 0 spiro atoms. The highest BCUT2D eigenvalue weighted by atomic mass is 35.5. The predicted octanol–water partition coefficient (Wildman–Crippen LogP) is 4.28. The summed E-state index contributed by atoms with van der Waals surface area (Å²) >= 11 is 12.0. The van der Waals surface area contributed by atoms with Crippen molar-refractivity contribution in [2.24, 2.45) is 0 Å². The number of hydrogen-bond acceptors (Lipinski definition) is 3. The molecule has 3 rings (SSSR count). The molecular weight excluding hydrogens is 325 g/mol. The van der Waals surface area contributed by atoms with Gasteiger partial charge in [-0.1, -0.05) is 41.4 Å². The zero-order chi connectivity index (χ0) is 15.9. The quantitative estimate of drug-likeness (QED) is 0.786. The summed E-state index contributed by atoms with van der Waals surface area (Å²) in [6.45, 7) is 1.71. The molecule has 0 fully saturated rings. The Kier molecular flexibility index (Phi) is 3.91. The van der Waals surface area contributed by atoms with Gasteiger partial charge in [0.2, 0.25) is 0 Å². The van der Waals surface area contributed by atoms with E-state index >= 15 is 0 Å². The van der Waals surface area contributed by atoms with Gasteiger partial charge in [0.25, 0.3) is 11.8 Å². The predicted molar refractivity (Wildman–Crippen MR) is 82.9 cm³/mol. The highest BCUT2D eigenvalue weighted by molar-refractivity contribution is 6.35. The first-order valence-electron chi connectivity index (χ1n) is 6.58. The lowest BCUT2D eigenvalue weighted by molar-refractivity contribution is -0.128. The summed E-state index contributed by atoms with van der Waals surface area (Å²) in [7, 11) is 0. The minimum absolute atomic E-state index is 0.335. The van der Waals surface area contributed by atoms with E-state index in [4.69, 9.17) is 28.0 Å². The zero-order valence-electron chi connectivity index (χ0n) is 11.5. The van der Waals surface area contributed by atoms with Crippen LogP contribution in [0.15, 0.2) is 42.5 Å². The molecule has 1 aliphatic heterocycles. The van der Waals surface area contributed by atoms with Gasteiger partial charge in [0.1, 0.15) is 6.10 Å². The second-order valence-electron chi connectivity index (χ2n) is 4.86. The van der Waals surface area contributed by atoms with Crippen LogP contribution in [0.1, 0.15) is 39.3 Å². The Morgan fingerprint density at radius 2 is 1.59 bits per heavy atom. The van der Waals surface area contributed by atoms with E-state index < -0.39 is 17.9 Å². The van der Waals surface area contributed by atoms with Crippen molar-refractivity contribution in [2.75, 3.05) is 0 Å². The molecule has 0 saturated carbocycles. The first kappa shape index (κ1) is 15.0. The largest absolute Gasteiger partial charge is 0.285 e. The third kappa shape index (κ3) is 2.50. The van der Waals surface area contributed by atoms with E-state index in [1.54, 1.807) is 49.4 Å². The van der Waals surface area contributed by atoms with E-state index in [0.717, 1.165) is 5.06 Å². The molecule has 0 aromatic heterocycles. The fourth-order valence-corrected chi connectivity index (χ4v) is 2.87. The lowest BCUT2D eigenvalue weighted by atomic mass is 10.1. The molecule has 0 N–H and O–H groups in total. The Labute approximate surface area is 137 Å². The van der Waals surface area contributed by atoms with E-state index in [9.17, 15) is 9.59 Å². The molecule has 0 radical (unpaired) electrons. The van der Waals surface area contributed by atoms with E-state index in [2.05, 4.69) is 0 Å². The minimum atomic E-state index is -0.577. The van der Waals surface area contributed by atoms with E-state index in [1.807, 2.05) is 0 Å². The monoisotopic (exact) mass is 335 g/mol. The molecule has 22 heavy (non-hydrogen) atoms. The maximum absolute atomic E-state index is 12.2. The van der Waals surface area contributed by atoms with Crippen LogP contribution in [0, 0.1) is 0 Å². The third-order valence-corrected chi connectivity index (χ3v) is 3.98. The number of amides is 2. The van der Waals surface area contributed by atoms with Gasteiger partial charge in [-0.25, -0.2) is 0 Å². The van der Waals surface area contributed by atoms with Crippen molar-refractivity contribution in [1.82, 2.24) is 5.06 Å². The van der Waals surface area contributed by atoms with Gasteiger partial charge in [-0.2, -0.15) is 0 Å². The summed E-state index contributed by atoms with van der Waals surface area (Å²) in [4.78, 5) is 30.0. The highest BCUT2D eigenvalue weighted by Gasteiger charge is 2.37. The van der Waals surface area contributed by atoms with Crippen molar-refractivity contribution in [3.8, 4) is 0 Å². The molecule has 6 heteroatoms. The van der Waals surface area contributed by atoms with Gasteiger partial charge >= 0.3 is 0 Å². The summed E-state index contributed by atoms with van der Waals surface area (Å²) in [5, 5.41) is 1.69. The van der Waals surface area contributed by atoms with Gasteiger partial charge < -0.3 is 0 Å². The van der Waals surface area contributed by atoms with E-state index in [0.29, 0.717) is 26.7 Å². The molecule has 2 aromatic carbocycles. The van der Waals surface area contributed by atoms with Gasteiger partial charge in [0.15, 0.2) is 0 Å². The van der Waals surface area contributed by atoms with Gasteiger partial charge in [0, 0.05) is 15.6 Å². The number of benzene rings is 2. The van der Waals surface area contributed by atoms with Crippen molar-refractivity contribution in [1.29, 1.82) is 0 Å². The van der Waals surface area contributed by atoms with Crippen LogP contribution < -0.4 is 0 Å². The van der Waals surface area contributed by atoms with E-state index in [-0.39, 0.29) is 0 Å². The number of halogens is 2. The summed E-state index contributed by atoms with van der Waals surface area (Å²) in [5.41, 5.74) is 1.31. The Bertz CT molecular complexity index is 741. The van der Waals surface area contributed by atoms with Crippen molar-refractivity contribution in [2.45, 2.75) is 13.0 Å². The number of rotatable bonds is 3. The molecule has 112 valence electrons. The van der Waals surface area contributed by atoms with Crippen molar-refractivity contribution >= 4 is 35.0 Å². The van der Waals surface area contributed by atoms with Gasteiger partial charge in [-0.3, -0.25) is 14.4 Å². The zero-order valence-corrected chi connectivity index (χ0v) is 13.1. The van der Waals surface area contributed by atoms with Gasteiger partial charge in [0.05, 0.1) is 11.1 Å². The number of fused-ring (bicyclic) bond motifs is 1. The molecule has 1 aliphatic rings. The number of hydrogen-bond donors (Lipinski definition) is 0. The van der Waals surface area contributed by atoms with Crippen LogP contribution in [-0.4, -0.2) is 16.9 Å². The maximum Gasteiger partial charge on any atom is 0.285 e. The second-order valence-corrected chi connectivity index (χ2v) is 5.71. The SMILES string of the molecule is CC(ON1C(=O)c2ccccc2C1=O)c1ccc(Cl)cc1Cl. The average Bonchev–Trinajstić information content (AvgIpc) is 2.73. The second kappa shape index (κ2) is 5.72. The highest BCUT2D eigenvalue weighted by Crippen LogP contribution is 2.31. The Morgan fingerprint density at radius 3 is 2.14 bits per heavy atom. The normalized spacial score (nSPS) is 15.1. The number of carbonyl (C=O) groups is 2. The van der Waals surface area contributed by atoms with Crippen molar-refractivity contribution in [3.63, 3.8) is 0 Å². The maximum atomic E-state index is 12.2. The molecule has 0 saturated heterocycles. The summed E-state index contributed by atoms with van der Waals surface area (Å²) in [6, 6.07) is 11.6. The topological polar surface area (TPSA) is 46.6 Å². The molecule has 2 aromatic rings. The summed E-state index contributed by atoms with van der Waals surface area (Å²) < 4.78 is 0. The molecule has 0 aliphatic carbocycles. The smallest absolute Gasteiger partial charge is 0.266 e. The van der Waals surface area contributed by atoms with Crippen LogP contribution in [0.4, 0.5) is 0 Å². The van der Waals surface area contributed by atoms with E-state index in [1.165, 1.54) is 0 Å². The van der Waals surface area contributed by atoms with Crippen LogP contribution in [0.25, 0.3) is 0 Å². The summed E-state index contributed by atoms with van der Waals surface area (Å²) in [6.07, 6.45) is -0.577. The van der Waals surface area contributed by atoms with Gasteiger partial charge in [-0.15, -0.1) is 5.06 Å². The van der Waals surface area contributed by atoms with Crippen LogP contribution in [0.5, 0.6) is 0 Å². The van der Waals surface area contributed by atoms with Crippen LogP contribution >= 0.6 is 23.2 Å². The fraction of sp³-hybridized carbons (Fsp3) is 0.125. The van der Waals surface area contributed by atoms with Crippen molar-refractivity contribution in [3.05, 3.63) is 69.2 Å². The lowest BCUT2D eigenvalue weighted by Crippen LogP contribution is -2.31. The molecular formula is C16H11Cl2NO3. The first-order valence-corrected chi connectivity index (χ1v) is 7.34. The standard InChI is InChI=1S/C16H11Cl2NO3/c1-9(11-7-6-10(17)8-14(11)18)22-19-15(20)12-4-2-3-5-13(12)16(19)21/h2-9H,1H3. The Hall–Kier alpha value is -1.88. The Morgan fingerprint density at radius 1 is 1.00 bits per heavy atom. The number of hydroxylamine groups is 2. The molecule has 1 unspecified atom stereocenters. The van der Waals surface area contributed by atoms with Gasteiger partial charge in [-0.05, 0) is 31.2 Å². The lowest BCUT2D eigenvalue weighted by Gasteiger charge is -2.20. The van der Waals surface area contributed by atoms with Crippen LogP contribution in [0.2, 0.25) is 10.0 Å². The fourth-order valence-electron chi connectivity index (χ4n) is 2.31. The van der Waals surface area contributed by atoms with Crippen LogP contribution in [-0.2, 0) is 4.84 Å². The van der Waals surface area contributed by atoms with Crippen molar-refractivity contribution < 1.29 is 14.4 Å². The average molecular weight is 336 g/mol. The number of imide groups is 1. The molecule has 1 heterocycles. The molecule has 0 bridgehead atoms. The number of carbonyl (C=O) groups excluding carboxylic acids is 2. The molecule has 1 atom stereocenters.